The number of fused-ring (bicyclic) bond motifs is 6. The molecule has 0 spiro atoms. The Bertz CT molecular complexity index is 3880. The molecule has 0 unspecified atom stereocenters. The molecule has 10 rings (SSSR count). The minimum Gasteiger partial charge on any atom is -0.323 e. The molecule has 340 valence electrons. The highest BCUT2D eigenvalue weighted by Gasteiger charge is 2.26. The smallest absolute Gasteiger partial charge is 0.322 e. The van der Waals surface area contributed by atoms with Crippen molar-refractivity contribution in [3.05, 3.63) is 115 Å². The second-order valence-corrected chi connectivity index (χ2v) is 20.7. The van der Waals surface area contributed by atoms with Crippen LogP contribution in [0.2, 0.25) is 0 Å². The molecule has 66 heavy (non-hydrogen) atoms. The summed E-state index contributed by atoms with van der Waals surface area (Å²) in [6, 6.07) is 6.16. The van der Waals surface area contributed by atoms with Crippen molar-refractivity contribution in [3.8, 4) is 0 Å². The monoisotopic (exact) mass is 974 g/mol. The number of aromatic nitrogens is 16. The van der Waals surface area contributed by atoms with Crippen molar-refractivity contribution in [2.75, 3.05) is 28.2 Å². The molecule has 0 aliphatic rings. The van der Waals surface area contributed by atoms with Crippen molar-refractivity contribution in [1.82, 2.24) is 86.0 Å². The molecule has 0 bridgehead atoms. The van der Waals surface area contributed by atoms with E-state index in [1.807, 2.05) is 0 Å². The van der Waals surface area contributed by atoms with Crippen molar-refractivity contribution in [1.29, 1.82) is 0 Å². The van der Waals surface area contributed by atoms with Crippen LogP contribution >= 0.6 is 22.7 Å². The zero-order valence-electron chi connectivity index (χ0n) is 35.2. The number of aryl methyl sites for hydroxylation is 2. The molecule has 30 heteroatoms. The Balaban J connectivity index is 0.000000177. The van der Waals surface area contributed by atoms with Crippen LogP contribution in [0.15, 0.2) is 71.0 Å². The van der Waals surface area contributed by atoms with Crippen LogP contribution in [0, 0.1) is 0 Å². The van der Waals surface area contributed by atoms with E-state index in [0.717, 1.165) is 39.1 Å². The van der Waals surface area contributed by atoms with Gasteiger partial charge in [-0.05, 0) is 24.3 Å². The summed E-state index contributed by atoms with van der Waals surface area (Å²) < 4.78 is 59.7. The average molecular weight is 975 g/mol. The maximum absolute atomic E-state index is 13.3. The number of nitrogens with one attached hydrogen (secondary N) is 2. The second kappa shape index (κ2) is 16.2. The first kappa shape index (κ1) is 43.9. The first-order valence-corrected chi connectivity index (χ1v) is 23.5. The SMILES string of the molecule is CN(C)S(=O)(=O)n1ccc(Cn2ncc3c4sc(C(=O)c5ccn(S(=O)(=O)N(C)C)n5)nc4n(C)c3c2=O)n1.Cn1c2nc(C(=O)c3ccn[nH]3)sc2c2cnn(Cc3ccn[nH]3)c(=O)c21. The van der Waals surface area contributed by atoms with E-state index in [-0.39, 0.29) is 28.6 Å². The number of carbonyl (C=O) groups is 2. The Morgan fingerprint density at radius 1 is 0.667 bits per heavy atom. The fourth-order valence-electron chi connectivity index (χ4n) is 6.74. The first-order valence-electron chi connectivity index (χ1n) is 19.1. The Morgan fingerprint density at radius 3 is 1.71 bits per heavy atom. The third-order valence-electron chi connectivity index (χ3n) is 10.2. The summed E-state index contributed by atoms with van der Waals surface area (Å²) in [4.78, 5) is 60.5. The van der Waals surface area contributed by atoms with E-state index in [1.54, 1.807) is 47.8 Å². The number of hydrogen-bond acceptors (Lipinski definition) is 18. The average Bonchev–Trinajstić information content (AvgIpc) is 4.14. The van der Waals surface area contributed by atoms with E-state index in [1.165, 1.54) is 81.1 Å². The minimum atomic E-state index is -3.88. The van der Waals surface area contributed by atoms with Gasteiger partial charge in [0.15, 0.2) is 21.3 Å². The molecule has 10 aromatic heterocycles. The molecule has 0 saturated heterocycles. The Morgan fingerprint density at radius 2 is 1.18 bits per heavy atom. The molecule has 0 atom stereocenters. The number of H-pyrrole nitrogens is 2. The van der Waals surface area contributed by atoms with Gasteiger partial charge in [0.1, 0.15) is 22.4 Å². The van der Waals surface area contributed by atoms with Gasteiger partial charge in [-0.25, -0.2) is 19.3 Å². The lowest BCUT2D eigenvalue weighted by atomic mass is 10.3. The number of thiazole rings is 2. The standard InChI is InChI=1S/C20H22N10O6S3.C16H12N8O2S/c1-25(2)38(33,34)29-8-6-12(23-29)11-28-20(32)15-13(10-21-28)17-18(27(15)5)22-19(37-17)16(31)14-7-9-30(24-14)39(35,36)26(3)4;1-23-11-9(6-19-24(16(11)26)7-8-2-4-17-21-8)13-14(23)20-15(27-13)12(25)10-3-5-18-22-10/h6-10H,11H2,1-5H3;2-6H,7H2,1H3,(H,17,21)(H,18,22). The lowest BCUT2D eigenvalue weighted by Gasteiger charge is -2.10. The summed E-state index contributed by atoms with van der Waals surface area (Å²) in [5.41, 5.74) is 2.43. The van der Waals surface area contributed by atoms with Crippen LogP contribution in [0.1, 0.15) is 42.4 Å². The second-order valence-electron chi connectivity index (χ2n) is 14.7. The predicted molar refractivity (Wildman–Crippen MR) is 239 cm³/mol. The molecule has 0 radical (unpaired) electrons. The largest absolute Gasteiger partial charge is 0.323 e. The Hall–Kier alpha value is -7.38. The van der Waals surface area contributed by atoms with Gasteiger partial charge in [-0.2, -0.15) is 64.2 Å². The third kappa shape index (κ3) is 7.33. The summed E-state index contributed by atoms with van der Waals surface area (Å²) in [6.45, 7) is 0.226. The third-order valence-corrected chi connectivity index (χ3v) is 15.5. The summed E-state index contributed by atoms with van der Waals surface area (Å²) in [7, 11) is 1.17. The van der Waals surface area contributed by atoms with E-state index >= 15 is 0 Å². The molecule has 2 N–H and O–H groups in total. The summed E-state index contributed by atoms with van der Waals surface area (Å²) in [5, 5.41) is 31.1. The maximum atomic E-state index is 13.3. The van der Waals surface area contributed by atoms with Crippen molar-refractivity contribution in [2.24, 2.45) is 14.1 Å². The van der Waals surface area contributed by atoms with Gasteiger partial charge in [0.25, 0.3) is 11.1 Å². The highest BCUT2D eigenvalue weighted by Crippen LogP contribution is 2.33. The summed E-state index contributed by atoms with van der Waals surface area (Å²) >= 11 is 2.28. The van der Waals surface area contributed by atoms with E-state index in [4.69, 9.17) is 0 Å². The van der Waals surface area contributed by atoms with Gasteiger partial charge in [-0.1, -0.05) is 0 Å². The van der Waals surface area contributed by atoms with E-state index in [0.29, 0.717) is 64.8 Å². The zero-order valence-corrected chi connectivity index (χ0v) is 38.5. The number of carbonyl (C=O) groups excluding carboxylic acids is 2. The number of rotatable bonds is 12. The quantitative estimate of drug-likeness (QED) is 0.157. The maximum Gasteiger partial charge on any atom is 0.322 e. The van der Waals surface area contributed by atoms with Gasteiger partial charge in [0, 0.05) is 77.8 Å². The number of ketones is 2. The molecule has 0 saturated carbocycles. The summed E-state index contributed by atoms with van der Waals surface area (Å²) in [5.74, 6) is -0.802. The molecule has 10 heterocycles. The molecular weight excluding hydrogens is 941 g/mol. The first-order chi connectivity index (χ1) is 31.4. The molecule has 0 aromatic carbocycles. The molecule has 0 fully saturated rings. The van der Waals surface area contributed by atoms with Crippen LogP contribution < -0.4 is 11.1 Å². The summed E-state index contributed by atoms with van der Waals surface area (Å²) in [6.07, 6.45) is 8.71. The van der Waals surface area contributed by atoms with Crippen LogP contribution in [-0.2, 0) is 47.6 Å². The van der Waals surface area contributed by atoms with E-state index in [9.17, 15) is 36.0 Å². The van der Waals surface area contributed by atoms with Crippen molar-refractivity contribution >= 4 is 97.2 Å². The topological polar surface area (TPSA) is 307 Å². The van der Waals surface area contributed by atoms with Crippen LogP contribution in [0.5, 0.6) is 0 Å². The van der Waals surface area contributed by atoms with E-state index < -0.39 is 31.8 Å². The fraction of sp³-hybridized carbons (Fsp3) is 0.222. The van der Waals surface area contributed by atoms with Crippen molar-refractivity contribution in [3.63, 3.8) is 0 Å². The fourth-order valence-corrected chi connectivity index (χ4v) is 10.4. The van der Waals surface area contributed by atoms with Gasteiger partial charge in [0.05, 0.1) is 46.3 Å². The normalized spacial score (nSPS) is 12.4. The molecule has 10 aromatic rings. The van der Waals surface area contributed by atoms with Gasteiger partial charge in [0.2, 0.25) is 11.6 Å². The number of hydrogen-bond donors (Lipinski definition) is 2. The van der Waals surface area contributed by atoms with Gasteiger partial charge in [-0.15, -0.1) is 22.7 Å². The predicted octanol–water partition coefficient (Wildman–Crippen LogP) is 0.396. The number of nitrogens with zero attached hydrogens (tertiary/aromatic N) is 16. The van der Waals surface area contributed by atoms with Crippen LogP contribution in [-0.4, -0.2) is 143 Å². The molecular formula is C36H34N18O8S4. The zero-order chi connectivity index (χ0) is 47.0. The Kier molecular flexibility index (Phi) is 10.8. The van der Waals surface area contributed by atoms with Gasteiger partial charge >= 0.3 is 20.4 Å². The number of aromatic amines is 2. The van der Waals surface area contributed by atoms with Crippen LogP contribution in [0.25, 0.3) is 42.5 Å². The lowest BCUT2D eigenvalue weighted by Crippen LogP contribution is -2.29. The highest BCUT2D eigenvalue weighted by molar-refractivity contribution is 7.87. The highest BCUT2D eigenvalue weighted by atomic mass is 32.2. The molecule has 26 nitrogen and oxygen atoms in total. The molecule has 0 amide bonds. The van der Waals surface area contributed by atoms with E-state index in [2.05, 4.69) is 50.8 Å². The van der Waals surface area contributed by atoms with Crippen molar-refractivity contribution in [2.45, 2.75) is 13.1 Å². The minimum absolute atomic E-state index is 0.0702. The molecule has 0 aliphatic heterocycles. The molecule has 0 aliphatic carbocycles. The van der Waals surface area contributed by atoms with Crippen molar-refractivity contribution < 1.29 is 26.4 Å². The van der Waals surface area contributed by atoms with Gasteiger partial charge in [-0.3, -0.25) is 29.4 Å². The van der Waals surface area contributed by atoms with Crippen LogP contribution in [0.3, 0.4) is 0 Å². The van der Waals surface area contributed by atoms with Crippen LogP contribution in [0.4, 0.5) is 0 Å². The van der Waals surface area contributed by atoms with Gasteiger partial charge < -0.3 is 9.13 Å². The Labute approximate surface area is 378 Å². The lowest BCUT2D eigenvalue weighted by molar-refractivity contribution is 0.102.